The Morgan fingerprint density at radius 1 is 1.03 bits per heavy atom. The topological polar surface area (TPSA) is 102 Å². The van der Waals surface area contributed by atoms with Crippen LogP contribution in [0.25, 0.3) is 0 Å². The van der Waals surface area contributed by atoms with Crippen LogP contribution in [0.1, 0.15) is 90.5 Å². The molecule has 3 heterocycles. The molecule has 2 atom stereocenters. The summed E-state index contributed by atoms with van der Waals surface area (Å²) in [4.78, 5) is 11.4. The maximum Gasteiger partial charge on any atom is 0.207 e. The molecule has 1 fully saturated rings. The Labute approximate surface area is 213 Å². The Bertz CT molecular complexity index is 1190. The highest BCUT2D eigenvalue weighted by molar-refractivity contribution is 6.29. The van der Waals surface area contributed by atoms with Crippen molar-refractivity contribution in [1.29, 1.82) is 10.5 Å². The average Bonchev–Trinajstić information content (AvgIpc) is 2.74. The number of aromatic nitrogens is 3. The van der Waals surface area contributed by atoms with E-state index in [4.69, 9.17) is 16.6 Å². The van der Waals surface area contributed by atoms with Crippen molar-refractivity contribution < 1.29 is 0 Å². The number of amidine groups is 1. The van der Waals surface area contributed by atoms with Crippen LogP contribution in [0, 0.1) is 34.1 Å². The van der Waals surface area contributed by atoms with Crippen molar-refractivity contribution in [3.8, 4) is 12.3 Å². The standard InChI is InChI=1S/C27H34ClN7/c1-25(2,3)19-10-9-17(14-29)22(32-19)23-18(15-35(23)24(31-16-30)26(4,5)6)13-27(7,8)20-11-12-21(28)34-33-20/h9-12,18,23H,13,15H2,1-8H3/b31-24-. The third kappa shape index (κ3) is 5.63. The second kappa shape index (κ2) is 9.55. The third-order valence-corrected chi connectivity index (χ3v) is 6.71. The molecular formula is C27H34ClN7. The van der Waals surface area contributed by atoms with Crippen molar-refractivity contribution in [2.24, 2.45) is 16.3 Å². The number of rotatable bonds is 4. The molecule has 35 heavy (non-hydrogen) atoms. The van der Waals surface area contributed by atoms with Gasteiger partial charge < -0.3 is 4.90 Å². The van der Waals surface area contributed by atoms with E-state index >= 15 is 0 Å². The Hall–Kier alpha value is -3.03. The van der Waals surface area contributed by atoms with Gasteiger partial charge in [0.05, 0.1) is 23.0 Å². The number of pyridine rings is 1. The van der Waals surface area contributed by atoms with Gasteiger partial charge in [-0.2, -0.15) is 20.6 Å². The van der Waals surface area contributed by atoms with Crippen molar-refractivity contribution >= 4 is 17.4 Å². The smallest absolute Gasteiger partial charge is 0.207 e. The number of aliphatic imine (C=N–C) groups is 1. The molecule has 0 spiro atoms. The van der Waals surface area contributed by atoms with E-state index in [2.05, 4.69) is 60.8 Å². The van der Waals surface area contributed by atoms with Gasteiger partial charge in [-0.05, 0) is 30.7 Å². The molecule has 0 amide bonds. The summed E-state index contributed by atoms with van der Waals surface area (Å²) in [5.74, 6) is 0.876. The van der Waals surface area contributed by atoms with Gasteiger partial charge in [0.2, 0.25) is 6.19 Å². The monoisotopic (exact) mass is 491 g/mol. The van der Waals surface area contributed by atoms with Crippen molar-refractivity contribution in [3.05, 3.63) is 52.1 Å². The first-order chi connectivity index (χ1) is 16.2. The van der Waals surface area contributed by atoms with Gasteiger partial charge in [0.25, 0.3) is 0 Å². The Morgan fingerprint density at radius 3 is 2.20 bits per heavy atom. The van der Waals surface area contributed by atoms with Gasteiger partial charge in [-0.3, -0.25) is 4.98 Å². The molecule has 2 aromatic rings. The summed E-state index contributed by atoms with van der Waals surface area (Å²) in [6.45, 7) is 17.5. The van der Waals surface area contributed by atoms with Gasteiger partial charge in [-0.25, -0.2) is 0 Å². The van der Waals surface area contributed by atoms with Crippen molar-refractivity contribution in [3.63, 3.8) is 0 Å². The first-order valence-corrected chi connectivity index (χ1v) is 12.2. The molecule has 0 aromatic carbocycles. The van der Waals surface area contributed by atoms with Crippen LogP contribution in [0.3, 0.4) is 0 Å². The summed E-state index contributed by atoms with van der Waals surface area (Å²) in [5, 5.41) is 28.1. The van der Waals surface area contributed by atoms with Crippen molar-refractivity contribution in [1.82, 2.24) is 20.1 Å². The van der Waals surface area contributed by atoms with Gasteiger partial charge in [-0.15, -0.1) is 5.10 Å². The second-order valence-electron chi connectivity index (χ2n) is 12.0. The molecule has 7 nitrogen and oxygen atoms in total. The molecule has 184 valence electrons. The minimum absolute atomic E-state index is 0.168. The molecule has 0 N–H and O–H groups in total. The summed E-state index contributed by atoms with van der Waals surface area (Å²) in [6.07, 6.45) is 2.78. The molecule has 1 aliphatic heterocycles. The quantitative estimate of drug-likeness (QED) is 0.297. The van der Waals surface area contributed by atoms with Gasteiger partial charge in [0.15, 0.2) is 5.15 Å². The zero-order valence-corrected chi connectivity index (χ0v) is 22.6. The first kappa shape index (κ1) is 26.6. The first-order valence-electron chi connectivity index (χ1n) is 11.8. The Morgan fingerprint density at radius 2 is 1.69 bits per heavy atom. The molecule has 2 unspecified atom stereocenters. The predicted molar refractivity (Wildman–Crippen MR) is 138 cm³/mol. The maximum atomic E-state index is 9.97. The van der Waals surface area contributed by atoms with E-state index in [-0.39, 0.29) is 28.2 Å². The van der Waals surface area contributed by atoms with Crippen LogP contribution in [0.5, 0.6) is 0 Å². The lowest BCUT2D eigenvalue weighted by molar-refractivity contribution is 0.0509. The Kier molecular flexibility index (Phi) is 7.25. The highest BCUT2D eigenvalue weighted by Gasteiger charge is 2.48. The van der Waals surface area contributed by atoms with Crippen LogP contribution in [-0.4, -0.2) is 32.5 Å². The molecule has 3 rings (SSSR count). The fourth-order valence-corrected chi connectivity index (χ4v) is 4.81. The number of nitriles is 2. The third-order valence-electron chi connectivity index (χ3n) is 6.50. The van der Waals surface area contributed by atoms with Crippen LogP contribution in [-0.2, 0) is 10.8 Å². The van der Waals surface area contributed by atoms with Gasteiger partial charge in [-0.1, -0.05) is 67.0 Å². The number of nitrogens with zero attached hydrogens (tertiary/aromatic N) is 7. The lowest BCUT2D eigenvalue weighted by atomic mass is 9.71. The van der Waals surface area contributed by atoms with Crippen LogP contribution in [0.4, 0.5) is 0 Å². The molecular weight excluding hydrogens is 458 g/mol. The maximum absolute atomic E-state index is 9.97. The van der Waals surface area contributed by atoms with E-state index in [1.807, 2.05) is 45.2 Å². The minimum atomic E-state index is -0.343. The minimum Gasteiger partial charge on any atom is -0.350 e. The second-order valence-corrected chi connectivity index (χ2v) is 12.4. The summed E-state index contributed by atoms with van der Waals surface area (Å²) in [5.41, 5.74) is 2.28. The lowest BCUT2D eigenvalue weighted by Crippen LogP contribution is -2.57. The molecule has 2 aromatic heterocycles. The molecule has 8 heteroatoms. The molecule has 0 radical (unpaired) electrons. The number of halogens is 1. The molecule has 1 aliphatic rings. The van der Waals surface area contributed by atoms with E-state index in [9.17, 15) is 10.5 Å². The zero-order chi connectivity index (χ0) is 26.2. The Balaban J connectivity index is 2.10. The molecule has 0 aliphatic carbocycles. The average molecular weight is 492 g/mol. The van der Waals surface area contributed by atoms with Crippen molar-refractivity contribution in [2.45, 2.75) is 78.7 Å². The van der Waals surface area contributed by atoms with Gasteiger partial charge >= 0.3 is 0 Å². The van der Waals surface area contributed by atoms with Crippen molar-refractivity contribution in [2.75, 3.05) is 6.54 Å². The largest absolute Gasteiger partial charge is 0.350 e. The number of hydrogen-bond donors (Lipinski definition) is 0. The lowest BCUT2D eigenvalue weighted by Gasteiger charge is -2.53. The van der Waals surface area contributed by atoms with E-state index < -0.39 is 0 Å². The van der Waals surface area contributed by atoms with E-state index in [1.54, 1.807) is 6.07 Å². The fraction of sp³-hybridized carbons (Fsp3) is 0.556. The van der Waals surface area contributed by atoms with Crippen LogP contribution < -0.4 is 0 Å². The highest BCUT2D eigenvalue weighted by atomic mass is 35.5. The number of likely N-dealkylation sites (tertiary alicyclic amines) is 1. The van der Waals surface area contributed by atoms with Crippen LogP contribution >= 0.6 is 11.6 Å². The molecule has 1 saturated heterocycles. The SMILES string of the molecule is CC(C)(C)/C(=N/C#N)N1CC(CC(C)(C)c2ccc(Cl)nn2)C1c1nc(C(C)(C)C)ccc1C#N. The molecule has 0 bridgehead atoms. The zero-order valence-electron chi connectivity index (χ0n) is 21.9. The summed E-state index contributed by atoms with van der Waals surface area (Å²) >= 11 is 5.96. The van der Waals surface area contributed by atoms with Gasteiger partial charge in [0, 0.05) is 34.4 Å². The summed E-state index contributed by atoms with van der Waals surface area (Å²) in [7, 11) is 0. The van der Waals surface area contributed by atoms with Crippen LogP contribution in [0.2, 0.25) is 5.15 Å². The summed E-state index contributed by atoms with van der Waals surface area (Å²) in [6, 6.07) is 9.63. The highest BCUT2D eigenvalue weighted by Crippen LogP contribution is 2.47. The predicted octanol–water partition coefficient (Wildman–Crippen LogP) is 5.96. The van der Waals surface area contributed by atoms with E-state index in [0.717, 1.165) is 23.5 Å². The normalized spacial score (nSPS) is 19.1. The number of hydrogen-bond acceptors (Lipinski definition) is 6. The van der Waals surface area contributed by atoms with E-state index in [0.29, 0.717) is 23.1 Å². The van der Waals surface area contributed by atoms with Gasteiger partial charge in [0.1, 0.15) is 11.9 Å². The molecule has 0 saturated carbocycles. The van der Waals surface area contributed by atoms with E-state index in [1.165, 1.54) is 0 Å². The fourth-order valence-electron chi connectivity index (χ4n) is 4.71. The van der Waals surface area contributed by atoms with Crippen LogP contribution in [0.15, 0.2) is 29.3 Å². The summed E-state index contributed by atoms with van der Waals surface area (Å²) < 4.78 is 0.